The molecule has 2 aromatic rings. The van der Waals surface area contributed by atoms with E-state index in [1.54, 1.807) is 0 Å². The molecule has 1 N–H and O–H groups in total. The number of imidazole rings is 1. The average Bonchev–Trinajstić information content (AvgIpc) is 2.95. The van der Waals surface area contributed by atoms with Gasteiger partial charge in [-0.3, -0.25) is 0 Å². The molecule has 6 heteroatoms. The molecule has 0 amide bonds. The van der Waals surface area contributed by atoms with Gasteiger partial charge in [-0.2, -0.15) is 0 Å². The number of benzene rings is 1. The lowest BCUT2D eigenvalue weighted by Crippen LogP contribution is -2.39. The van der Waals surface area contributed by atoms with Crippen molar-refractivity contribution in [2.45, 2.75) is 18.9 Å². The molecule has 0 atom stereocenters. The fourth-order valence-electron chi connectivity index (χ4n) is 3.47. The summed E-state index contributed by atoms with van der Waals surface area (Å²) in [6, 6.07) is 5.36. The molecule has 2 saturated heterocycles. The molecule has 4 rings (SSSR count). The molecule has 1 aromatic carbocycles. The molecule has 5 nitrogen and oxygen atoms in total. The molecule has 2 fully saturated rings. The predicted molar refractivity (Wildman–Crippen MR) is 83.9 cm³/mol. The number of aromatic nitrogens is 2. The minimum Gasteiger partial charge on any atom is -0.378 e. The van der Waals surface area contributed by atoms with Gasteiger partial charge in [-0.15, -0.1) is 0 Å². The van der Waals surface area contributed by atoms with E-state index in [0.717, 1.165) is 69.2 Å². The molecule has 2 aliphatic heterocycles. The van der Waals surface area contributed by atoms with Crippen LogP contribution in [0.25, 0.3) is 11.0 Å². The highest BCUT2D eigenvalue weighted by Crippen LogP contribution is 2.31. The second-order valence-electron chi connectivity index (χ2n) is 6.00. The Morgan fingerprint density at radius 2 is 1.95 bits per heavy atom. The van der Waals surface area contributed by atoms with Crippen LogP contribution in [0.3, 0.4) is 0 Å². The summed E-state index contributed by atoms with van der Waals surface area (Å²) in [6.07, 6.45) is 2.17. The van der Waals surface area contributed by atoms with Gasteiger partial charge in [0, 0.05) is 25.2 Å². The number of fused-ring (bicyclic) bond motifs is 1. The van der Waals surface area contributed by atoms with E-state index < -0.39 is 0 Å². The van der Waals surface area contributed by atoms with Crippen molar-refractivity contribution in [2.75, 3.05) is 44.3 Å². The van der Waals surface area contributed by atoms with Crippen LogP contribution in [0.5, 0.6) is 0 Å². The number of nitrogens with one attached hydrogen (secondary N) is 1. The van der Waals surface area contributed by atoms with Gasteiger partial charge in [0.1, 0.15) is 5.82 Å². The van der Waals surface area contributed by atoms with Crippen LogP contribution in [0.15, 0.2) is 18.2 Å². The average molecular weight is 304 g/mol. The Balaban J connectivity index is 1.81. The first-order valence-corrected chi connectivity index (χ1v) is 8.04. The zero-order chi connectivity index (χ0) is 14.9. The molecule has 2 aliphatic rings. The third-order valence-electron chi connectivity index (χ3n) is 4.60. The van der Waals surface area contributed by atoms with Crippen LogP contribution in [-0.4, -0.2) is 48.9 Å². The second-order valence-corrected chi connectivity index (χ2v) is 6.00. The molecule has 1 aromatic heterocycles. The molecule has 0 saturated carbocycles. The summed E-state index contributed by atoms with van der Waals surface area (Å²) >= 11 is 0. The van der Waals surface area contributed by atoms with Gasteiger partial charge in [0.2, 0.25) is 5.95 Å². The zero-order valence-corrected chi connectivity index (χ0v) is 12.6. The van der Waals surface area contributed by atoms with Gasteiger partial charge < -0.3 is 19.5 Å². The highest BCUT2D eigenvalue weighted by Gasteiger charge is 2.25. The maximum absolute atomic E-state index is 13.6. The third-order valence-corrected chi connectivity index (χ3v) is 4.60. The number of nitrogens with zero attached hydrogens (tertiary/aromatic N) is 3. The monoisotopic (exact) mass is 304 g/mol. The largest absolute Gasteiger partial charge is 0.378 e. The zero-order valence-electron chi connectivity index (χ0n) is 12.6. The fraction of sp³-hybridized carbons (Fsp3) is 0.562. The number of anilines is 1. The van der Waals surface area contributed by atoms with Gasteiger partial charge in [-0.25, -0.2) is 9.37 Å². The first-order chi connectivity index (χ1) is 10.8. The van der Waals surface area contributed by atoms with E-state index >= 15 is 0 Å². The summed E-state index contributed by atoms with van der Waals surface area (Å²) in [5.74, 6) is 0.742. The van der Waals surface area contributed by atoms with Crippen LogP contribution in [0, 0.1) is 5.82 Å². The molecule has 22 heavy (non-hydrogen) atoms. The number of halogens is 1. The Kier molecular flexibility index (Phi) is 3.72. The van der Waals surface area contributed by atoms with Crippen molar-refractivity contribution in [3.05, 3.63) is 24.0 Å². The maximum Gasteiger partial charge on any atom is 0.206 e. The van der Waals surface area contributed by atoms with Crippen LogP contribution in [-0.2, 0) is 4.74 Å². The number of rotatable bonds is 2. The number of morpholine rings is 1. The van der Waals surface area contributed by atoms with Crippen molar-refractivity contribution in [2.24, 2.45) is 0 Å². The van der Waals surface area contributed by atoms with Crippen molar-refractivity contribution in [3.8, 4) is 0 Å². The number of ether oxygens (including phenoxy) is 1. The molecule has 0 radical (unpaired) electrons. The van der Waals surface area contributed by atoms with E-state index in [-0.39, 0.29) is 5.82 Å². The van der Waals surface area contributed by atoms with E-state index in [1.807, 2.05) is 6.07 Å². The van der Waals surface area contributed by atoms with Gasteiger partial charge in [0.15, 0.2) is 0 Å². The minimum atomic E-state index is -0.226. The Bertz CT molecular complexity index is 659. The van der Waals surface area contributed by atoms with Crippen LogP contribution in [0.4, 0.5) is 10.3 Å². The Hall–Kier alpha value is -1.66. The second kappa shape index (κ2) is 5.85. The van der Waals surface area contributed by atoms with Gasteiger partial charge in [0.25, 0.3) is 0 Å². The lowest BCUT2D eigenvalue weighted by Gasteiger charge is -2.32. The minimum absolute atomic E-state index is 0.226. The summed E-state index contributed by atoms with van der Waals surface area (Å²) in [4.78, 5) is 7.01. The molecular weight excluding hydrogens is 283 g/mol. The highest BCUT2D eigenvalue weighted by atomic mass is 19.1. The van der Waals surface area contributed by atoms with E-state index in [2.05, 4.69) is 14.8 Å². The Morgan fingerprint density at radius 1 is 1.18 bits per heavy atom. The van der Waals surface area contributed by atoms with Crippen molar-refractivity contribution >= 4 is 17.0 Å². The summed E-state index contributed by atoms with van der Waals surface area (Å²) in [6.45, 7) is 5.18. The Morgan fingerprint density at radius 3 is 2.73 bits per heavy atom. The lowest BCUT2D eigenvalue weighted by atomic mass is 10.1. The molecule has 0 spiro atoms. The van der Waals surface area contributed by atoms with E-state index in [0.29, 0.717) is 6.04 Å². The smallest absolute Gasteiger partial charge is 0.206 e. The van der Waals surface area contributed by atoms with Crippen molar-refractivity contribution in [1.82, 2.24) is 14.9 Å². The quantitative estimate of drug-likeness (QED) is 0.921. The molecule has 0 unspecified atom stereocenters. The van der Waals surface area contributed by atoms with Gasteiger partial charge in [-0.1, -0.05) is 0 Å². The van der Waals surface area contributed by atoms with Crippen molar-refractivity contribution in [3.63, 3.8) is 0 Å². The number of hydrogen-bond acceptors (Lipinski definition) is 4. The molecular formula is C16H21FN4O. The van der Waals surface area contributed by atoms with Gasteiger partial charge in [-0.05, 0) is 38.1 Å². The van der Waals surface area contributed by atoms with Crippen LogP contribution in [0.1, 0.15) is 18.9 Å². The molecule has 3 heterocycles. The molecule has 0 aliphatic carbocycles. The van der Waals surface area contributed by atoms with Crippen LogP contribution < -0.4 is 10.2 Å². The maximum atomic E-state index is 13.6. The van der Waals surface area contributed by atoms with Crippen molar-refractivity contribution in [1.29, 1.82) is 0 Å². The first kappa shape index (κ1) is 14.0. The molecule has 118 valence electrons. The molecule has 0 bridgehead atoms. The normalized spacial score (nSPS) is 20.7. The standard InChI is InChI=1S/C16H21FN4O/c17-12-1-2-15-14(11-12)19-16(20-7-9-22-10-8-20)21(15)13-3-5-18-6-4-13/h1-2,11,13,18H,3-10H2. The number of hydrogen-bond donors (Lipinski definition) is 1. The van der Waals surface area contributed by atoms with E-state index in [9.17, 15) is 4.39 Å². The predicted octanol–water partition coefficient (Wildman–Crippen LogP) is 1.94. The van der Waals surface area contributed by atoms with Gasteiger partial charge >= 0.3 is 0 Å². The van der Waals surface area contributed by atoms with E-state index in [4.69, 9.17) is 9.72 Å². The fourth-order valence-corrected chi connectivity index (χ4v) is 3.47. The summed E-state index contributed by atoms with van der Waals surface area (Å²) < 4.78 is 21.3. The summed E-state index contributed by atoms with van der Waals surface area (Å²) in [7, 11) is 0. The van der Waals surface area contributed by atoms with Crippen LogP contribution >= 0.6 is 0 Å². The third kappa shape index (κ3) is 2.46. The topological polar surface area (TPSA) is 42.3 Å². The van der Waals surface area contributed by atoms with Crippen LogP contribution in [0.2, 0.25) is 0 Å². The first-order valence-electron chi connectivity index (χ1n) is 8.04. The summed E-state index contributed by atoms with van der Waals surface area (Å²) in [5, 5.41) is 3.41. The highest BCUT2D eigenvalue weighted by molar-refractivity contribution is 5.79. The number of piperidine rings is 1. The van der Waals surface area contributed by atoms with E-state index in [1.165, 1.54) is 12.1 Å². The van der Waals surface area contributed by atoms with Crippen molar-refractivity contribution < 1.29 is 9.13 Å². The van der Waals surface area contributed by atoms with Gasteiger partial charge in [0.05, 0.1) is 24.2 Å². The Labute approximate surface area is 129 Å². The summed E-state index contributed by atoms with van der Waals surface area (Å²) in [5.41, 5.74) is 1.79. The lowest BCUT2D eigenvalue weighted by molar-refractivity contribution is 0.121. The SMILES string of the molecule is Fc1ccc2c(c1)nc(N1CCOCC1)n2C1CCNCC1.